The molecule has 2 aromatic heterocycles. The van der Waals surface area contributed by atoms with Crippen LogP contribution in [0.25, 0.3) is 0 Å². The van der Waals surface area contributed by atoms with E-state index in [9.17, 15) is 43.2 Å². The van der Waals surface area contributed by atoms with Gasteiger partial charge in [0.15, 0.2) is 30.2 Å². The number of ketones is 1. The van der Waals surface area contributed by atoms with Gasteiger partial charge >= 0.3 is 24.2 Å². The number of nitrogens with one attached hydrogen (secondary N) is 3. The zero-order valence-corrected chi connectivity index (χ0v) is 52.0. The summed E-state index contributed by atoms with van der Waals surface area (Å²) in [5, 5.41) is 24.9. The highest BCUT2D eigenvalue weighted by Crippen LogP contribution is 2.35. The Labute approximate surface area is 537 Å². The van der Waals surface area contributed by atoms with Crippen LogP contribution < -0.4 is 38.9 Å². The Kier molecular flexibility index (Phi) is 29.4. The third-order valence-corrected chi connectivity index (χ3v) is 13.8. The normalized spacial score (nSPS) is 21.1. The monoisotopic (exact) mass is 1330 g/mol. The van der Waals surface area contributed by atoms with E-state index in [4.69, 9.17) is 95.7 Å². The van der Waals surface area contributed by atoms with Gasteiger partial charge in [0, 0.05) is 32.4 Å². The number of nitrogens with two attached hydrogens (primary N) is 4. The predicted molar refractivity (Wildman–Crippen MR) is 314 cm³/mol. The fourth-order valence-corrected chi connectivity index (χ4v) is 9.71. The van der Waals surface area contributed by atoms with Crippen LogP contribution in [0.2, 0.25) is 0 Å². The molecule has 4 aliphatic rings. The molecule has 4 aliphatic heterocycles. The van der Waals surface area contributed by atoms with Gasteiger partial charge in [0.2, 0.25) is 35.1 Å². The molecule has 0 unspecified atom stereocenters. The van der Waals surface area contributed by atoms with Crippen molar-refractivity contribution in [2.45, 2.75) is 108 Å². The first-order valence-electron chi connectivity index (χ1n) is 29.3. The number of Topliss-reactive ketones (excluding diaryl/α,β-unsaturated/α-hetero) is 1. The van der Waals surface area contributed by atoms with Crippen LogP contribution in [0.1, 0.15) is 38.1 Å². The second-order valence-corrected chi connectivity index (χ2v) is 20.8. The molecule has 0 radical (unpaired) electrons. The number of rotatable bonds is 40. The molecule has 11 N–H and O–H groups in total. The minimum atomic E-state index is -1.37. The molecule has 2 aromatic rings. The lowest BCUT2D eigenvalue weighted by molar-refractivity contribution is -0.158. The van der Waals surface area contributed by atoms with Crippen molar-refractivity contribution in [2.24, 2.45) is 38.8 Å². The molecule has 0 bridgehead atoms. The Morgan fingerprint density at radius 1 is 0.681 bits per heavy atom. The smallest absolute Gasteiger partial charge is 0.480 e. The molecule has 0 spiro atoms. The van der Waals surface area contributed by atoms with E-state index in [1.165, 1.54) is 40.3 Å². The average Bonchev–Trinajstić information content (AvgIpc) is 1.09. The summed E-state index contributed by atoms with van der Waals surface area (Å²) in [6.07, 6.45) is 0.790. The lowest BCUT2D eigenvalue weighted by Gasteiger charge is -2.40. The largest absolute Gasteiger partial charge is 0.508 e. The minimum absolute atomic E-state index is 0.0101. The molecule has 6 heterocycles. The molecule has 2 saturated heterocycles. The first-order valence-corrected chi connectivity index (χ1v) is 29.3. The molecular formula is C55H78N16O23. The average molecular weight is 1330 g/mol. The highest BCUT2D eigenvalue weighted by atomic mass is 16.8. The zero-order chi connectivity index (χ0) is 68.1. The number of aromatic nitrogens is 6. The highest BCUT2D eigenvalue weighted by Gasteiger charge is 2.50. The number of aliphatic imine (C=N–C) groups is 2. The second kappa shape index (κ2) is 37.7. The van der Waals surface area contributed by atoms with Gasteiger partial charge in [0.05, 0.1) is 124 Å². The first-order chi connectivity index (χ1) is 45.1. The number of amides is 4. The summed E-state index contributed by atoms with van der Waals surface area (Å²) in [6, 6.07) is -3.26. The van der Waals surface area contributed by atoms with Crippen LogP contribution in [0.15, 0.2) is 46.0 Å². The van der Waals surface area contributed by atoms with Crippen molar-refractivity contribution < 1.29 is 109 Å². The standard InChI is InChI=1S/C55H78N16O23/c1-6-12-83-14-16-85-18-19-86-17-15-84-13-7-44(76)69(23-33-25-70(67-65-33)10-8-60-42(74)29-87-47(40-27-89-54(79)93-40)46-35(20-31(2)72)36(63-52(56)57)21-38(91-46)50(77)81-4)24-34-26-71(68-66-34)11-9-61-43(75)30-88-48(41-28-90-55(80)94-41)49-45(62-32(3)73)37(64-53(58)59)22-39(92-49)51(78)82-5/h1,21-22,25-26,35-37,40-41,45-49H,7-20,23-24,27-30H2,2-5H3,(H,60,74)(H,61,75)(H,62,73)(H4,56,57,63)(H4,58,59,64)/t35-,36+,37+,40-,41-,45-,46-,47-,48-,49-/m1/s1. The van der Waals surface area contributed by atoms with Crippen LogP contribution in [0, 0.1) is 18.3 Å². The summed E-state index contributed by atoms with van der Waals surface area (Å²) in [7, 11) is 2.22. The van der Waals surface area contributed by atoms with E-state index in [0.29, 0.717) is 37.8 Å². The van der Waals surface area contributed by atoms with Gasteiger partial charge in [-0.3, -0.25) is 28.5 Å². The van der Waals surface area contributed by atoms with E-state index in [0.717, 1.165) is 14.2 Å². The molecule has 39 heteroatoms. The Morgan fingerprint density at radius 2 is 1.15 bits per heavy atom. The molecule has 6 rings (SSSR count). The van der Waals surface area contributed by atoms with Crippen LogP contribution in [-0.4, -0.2) is 262 Å². The summed E-state index contributed by atoms with van der Waals surface area (Å²) in [5.74, 6) is -4.33. The SMILES string of the molecule is C#CCOCCOCCOCCOCCC(=O)N(Cc1cn(CCNC(=O)CO[C@@H]([C@@H]2OC(C(=O)OC)=C[C@H](N=C(N)N)[C@H]2CC(C)=O)[C@H]2COC(=O)O2)nn1)Cc1cn(CCNC(=O)CO[C@@H]([C@@H]2OC(C(=O)OC)=C[C@H](N=C(N)N)[C@H]2NC(C)=O)[C@H]2COC(=O)O2)nn1. The number of methoxy groups -OCH3 is 2. The fraction of sp³-hybridized carbons (Fsp3) is 0.618. The number of terminal acetylenes is 1. The van der Waals surface area contributed by atoms with Gasteiger partial charge in [0.1, 0.15) is 68.5 Å². The Hall–Kier alpha value is -9.75. The third-order valence-electron chi connectivity index (χ3n) is 13.8. The molecule has 10 atom stereocenters. The quantitative estimate of drug-likeness (QED) is 0.00819. The van der Waals surface area contributed by atoms with Gasteiger partial charge in [0.25, 0.3) is 0 Å². The highest BCUT2D eigenvalue weighted by molar-refractivity contribution is 5.88. The summed E-state index contributed by atoms with van der Waals surface area (Å²) in [6.45, 7) is 2.50. The number of esters is 2. The van der Waals surface area contributed by atoms with Crippen molar-refractivity contribution in [1.82, 2.24) is 50.8 Å². The minimum Gasteiger partial charge on any atom is -0.480 e. The molecule has 0 aromatic carbocycles. The van der Waals surface area contributed by atoms with Crippen molar-refractivity contribution in [3.63, 3.8) is 0 Å². The topological polar surface area (TPSA) is 512 Å². The van der Waals surface area contributed by atoms with Crippen molar-refractivity contribution >= 4 is 65.6 Å². The van der Waals surface area contributed by atoms with Gasteiger partial charge in [-0.1, -0.05) is 16.3 Å². The maximum absolute atomic E-state index is 13.9. The molecular weight excluding hydrogens is 1250 g/mol. The summed E-state index contributed by atoms with van der Waals surface area (Å²) < 4.78 is 79.0. The maximum Gasteiger partial charge on any atom is 0.508 e. The molecule has 0 saturated carbocycles. The zero-order valence-electron chi connectivity index (χ0n) is 52.0. The van der Waals surface area contributed by atoms with Gasteiger partial charge in [-0.15, -0.1) is 16.6 Å². The second-order valence-electron chi connectivity index (χ2n) is 20.8. The summed E-state index contributed by atoms with van der Waals surface area (Å²) in [4.78, 5) is 125. The lowest BCUT2D eigenvalue weighted by Crippen LogP contribution is -2.60. The van der Waals surface area contributed by atoms with Crippen LogP contribution >= 0.6 is 0 Å². The Bertz CT molecular complexity index is 2910. The van der Waals surface area contributed by atoms with E-state index in [-0.39, 0.29) is 121 Å². The predicted octanol–water partition coefficient (Wildman–Crippen LogP) is -5.14. The number of carbonyl (C=O) groups is 9. The lowest BCUT2D eigenvalue weighted by atomic mass is 9.82. The Morgan fingerprint density at radius 3 is 1.61 bits per heavy atom. The first kappa shape index (κ1) is 73.3. The van der Waals surface area contributed by atoms with Gasteiger partial charge in [-0.25, -0.2) is 29.2 Å². The number of nitrogens with zero attached hydrogens (tertiary/aromatic N) is 9. The van der Waals surface area contributed by atoms with Crippen molar-refractivity contribution in [2.75, 3.05) is 107 Å². The van der Waals surface area contributed by atoms with Gasteiger partial charge < -0.3 is 115 Å². The van der Waals surface area contributed by atoms with Crippen LogP contribution in [0.4, 0.5) is 9.59 Å². The van der Waals surface area contributed by atoms with E-state index < -0.39 is 122 Å². The Balaban J connectivity index is 1.06. The van der Waals surface area contributed by atoms with Crippen molar-refractivity contribution in [3.05, 3.63) is 47.5 Å². The van der Waals surface area contributed by atoms with E-state index in [1.54, 1.807) is 12.4 Å². The van der Waals surface area contributed by atoms with Crippen LogP contribution in [0.5, 0.6) is 0 Å². The maximum atomic E-state index is 13.9. The van der Waals surface area contributed by atoms with Gasteiger partial charge in [-0.2, -0.15) is 0 Å². The molecule has 516 valence electrons. The molecule has 0 aliphatic carbocycles. The molecule has 4 amide bonds. The van der Waals surface area contributed by atoms with Gasteiger partial charge in [-0.05, 0) is 19.1 Å². The molecule has 39 nitrogen and oxygen atoms in total. The number of carbonyl (C=O) groups excluding carboxylic acids is 9. The number of cyclic esters (lactones) is 4. The van der Waals surface area contributed by atoms with Crippen LogP contribution in [-0.2, 0) is 126 Å². The third kappa shape index (κ3) is 23.7. The fourth-order valence-electron chi connectivity index (χ4n) is 9.71. The summed E-state index contributed by atoms with van der Waals surface area (Å²) in [5.41, 5.74) is 23.5. The van der Waals surface area contributed by atoms with Crippen LogP contribution in [0.3, 0.4) is 0 Å². The van der Waals surface area contributed by atoms with E-state index in [1.807, 2.05) is 0 Å². The number of hydrogen-bond acceptors (Lipinski definition) is 29. The number of ether oxygens (including phenoxy) is 14. The number of hydrogen-bond donors (Lipinski definition) is 7. The molecule has 94 heavy (non-hydrogen) atoms. The number of guanidine groups is 2. The molecule has 2 fully saturated rings. The van der Waals surface area contributed by atoms with E-state index in [2.05, 4.69) is 52.5 Å². The van der Waals surface area contributed by atoms with Crippen molar-refractivity contribution in [3.8, 4) is 12.3 Å². The van der Waals surface area contributed by atoms with E-state index >= 15 is 0 Å². The summed E-state index contributed by atoms with van der Waals surface area (Å²) >= 11 is 0. The van der Waals surface area contributed by atoms with Crippen molar-refractivity contribution in [1.29, 1.82) is 0 Å².